The summed E-state index contributed by atoms with van der Waals surface area (Å²) in [5.74, 6) is 0. The molecule has 1 heterocycles. The Hall–Kier alpha value is -1.64. The van der Waals surface area contributed by atoms with E-state index in [9.17, 15) is 0 Å². The Morgan fingerprint density at radius 1 is 0.909 bits per heavy atom. The van der Waals surface area contributed by atoms with Gasteiger partial charge in [-0.1, -0.05) is 67.9 Å². The SMILES string of the molecule is CCC[C@H](c1ccc(-c2ccccc2)cc1)N1CCNCC1. The maximum absolute atomic E-state index is 3.45. The molecule has 0 bridgehead atoms. The molecule has 0 aliphatic carbocycles. The minimum Gasteiger partial charge on any atom is -0.314 e. The molecule has 1 atom stereocenters. The summed E-state index contributed by atoms with van der Waals surface area (Å²) in [6.07, 6.45) is 2.47. The molecule has 2 nitrogen and oxygen atoms in total. The van der Waals surface area contributed by atoms with Gasteiger partial charge >= 0.3 is 0 Å². The molecule has 2 heteroatoms. The van der Waals surface area contributed by atoms with Crippen molar-refractivity contribution in [3.63, 3.8) is 0 Å². The van der Waals surface area contributed by atoms with Gasteiger partial charge in [-0.25, -0.2) is 0 Å². The Balaban J connectivity index is 1.79. The normalized spacial score (nSPS) is 17.3. The van der Waals surface area contributed by atoms with E-state index in [1.807, 2.05) is 0 Å². The lowest BCUT2D eigenvalue weighted by Crippen LogP contribution is -2.45. The van der Waals surface area contributed by atoms with E-state index in [0.717, 1.165) is 26.2 Å². The molecule has 1 N–H and O–H groups in total. The van der Waals surface area contributed by atoms with Crippen molar-refractivity contribution >= 4 is 0 Å². The van der Waals surface area contributed by atoms with E-state index in [2.05, 4.69) is 71.7 Å². The number of nitrogens with zero attached hydrogens (tertiary/aromatic N) is 1. The van der Waals surface area contributed by atoms with E-state index in [0.29, 0.717) is 6.04 Å². The van der Waals surface area contributed by atoms with Gasteiger partial charge in [0.15, 0.2) is 0 Å². The average molecular weight is 294 g/mol. The first-order valence-electron chi connectivity index (χ1n) is 8.48. The maximum Gasteiger partial charge on any atom is 0.0349 e. The van der Waals surface area contributed by atoms with Crippen LogP contribution in [0.4, 0.5) is 0 Å². The van der Waals surface area contributed by atoms with Crippen LogP contribution in [0.15, 0.2) is 54.6 Å². The topological polar surface area (TPSA) is 15.3 Å². The fourth-order valence-electron chi connectivity index (χ4n) is 3.36. The van der Waals surface area contributed by atoms with Crippen LogP contribution in [0, 0.1) is 0 Å². The molecule has 0 unspecified atom stereocenters. The fourth-order valence-corrected chi connectivity index (χ4v) is 3.36. The second kappa shape index (κ2) is 7.57. The molecule has 2 aromatic rings. The largest absolute Gasteiger partial charge is 0.314 e. The third-order valence-corrected chi connectivity index (χ3v) is 4.56. The van der Waals surface area contributed by atoms with Crippen LogP contribution in [0.25, 0.3) is 11.1 Å². The van der Waals surface area contributed by atoms with E-state index in [1.165, 1.54) is 29.5 Å². The van der Waals surface area contributed by atoms with Crippen molar-refractivity contribution in [3.8, 4) is 11.1 Å². The van der Waals surface area contributed by atoms with Crippen molar-refractivity contribution in [1.82, 2.24) is 10.2 Å². The first-order valence-corrected chi connectivity index (χ1v) is 8.48. The van der Waals surface area contributed by atoms with Crippen LogP contribution < -0.4 is 5.32 Å². The molecule has 0 amide bonds. The minimum absolute atomic E-state index is 0.567. The van der Waals surface area contributed by atoms with Crippen LogP contribution in [-0.2, 0) is 0 Å². The lowest BCUT2D eigenvalue weighted by atomic mass is 9.97. The molecule has 0 spiro atoms. The van der Waals surface area contributed by atoms with E-state index in [4.69, 9.17) is 0 Å². The molecule has 22 heavy (non-hydrogen) atoms. The highest BCUT2D eigenvalue weighted by atomic mass is 15.2. The van der Waals surface area contributed by atoms with Crippen LogP contribution in [0.5, 0.6) is 0 Å². The van der Waals surface area contributed by atoms with Gasteiger partial charge in [-0.05, 0) is 23.1 Å². The zero-order valence-electron chi connectivity index (χ0n) is 13.5. The van der Waals surface area contributed by atoms with Crippen molar-refractivity contribution in [2.45, 2.75) is 25.8 Å². The highest BCUT2D eigenvalue weighted by Crippen LogP contribution is 2.28. The summed E-state index contributed by atoms with van der Waals surface area (Å²) >= 11 is 0. The summed E-state index contributed by atoms with van der Waals surface area (Å²) in [7, 11) is 0. The van der Waals surface area contributed by atoms with Gasteiger partial charge < -0.3 is 5.32 Å². The average Bonchev–Trinajstić information content (AvgIpc) is 2.61. The summed E-state index contributed by atoms with van der Waals surface area (Å²) in [5.41, 5.74) is 4.06. The third kappa shape index (κ3) is 3.57. The van der Waals surface area contributed by atoms with Crippen LogP contribution >= 0.6 is 0 Å². The second-order valence-electron chi connectivity index (χ2n) is 6.08. The first-order chi connectivity index (χ1) is 10.9. The second-order valence-corrected chi connectivity index (χ2v) is 6.08. The van der Waals surface area contributed by atoms with Gasteiger partial charge in [0.2, 0.25) is 0 Å². The zero-order chi connectivity index (χ0) is 15.2. The van der Waals surface area contributed by atoms with Crippen LogP contribution in [-0.4, -0.2) is 31.1 Å². The summed E-state index contributed by atoms with van der Waals surface area (Å²) in [4.78, 5) is 2.64. The summed E-state index contributed by atoms with van der Waals surface area (Å²) in [5, 5.41) is 3.45. The number of benzene rings is 2. The molecule has 3 rings (SSSR count). The van der Waals surface area contributed by atoms with E-state index in [1.54, 1.807) is 0 Å². The summed E-state index contributed by atoms with van der Waals surface area (Å²) in [6.45, 7) is 6.83. The first kappa shape index (κ1) is 15.3. The minimum atomic E-state index is 0.567. The van der Waals surface area contributed by atoms with Gasteiger partial charge in [0.1, 0.15) is 0 Å². The number of piperazine rings is 1. The molecule has 1 fully saturated rings. The predicted molar refractivity (Wildman–Crippen MR) is 94.0 cm³/mol. The molecule has 1 aliphatic rings. The van der Waals surface area contributed by atoms with E-state index >= 15 is 0 Å². The van der Waals surface area contributed by atoms with Gasteiger partial charge in [0, 0.05) is 32.2 Å². The summed E-state index contributed by atoms with van der Waals surface area (Å²) < 4.78 is 0. The molecule has 0 radical (unpaired) electrons. The van der Waals surface area contributed by atoms with E-state index < -0.39 is 0 Å². The van der Waals surface area contributed by atoms with E-state index in [-0.39, 0.29) is 0 Å². The lowest BCUT2D eigenvalue weighted by Gasteiger charge is -2.35. The molecular weight excluding hydrogens is 268 g/mol. The Kier molecular flexibility index (Phi) is 5.25. The smallest absolute Gasteiger partial charge is 0.0349 e. The molecule has 2 aromatic carbocycles. The lowest BCUT2D eigenvalue weighted by molar-refractivity contribution is 0.164. The van der Waals surface area contributed by atoms with Gasteiger partial charge in [0.05, 0.1) is 0 Å². The zero-order valence-corrected chi connectivity index (χ0v) is 13.5. The quantitative estimate of drug-likeness (QED) is 0.893. The Morgan fingerprint density at radius 3 is 2.18 bits per heavy atom. The van der Waals surface area contributed by atoms with Crippen LogP contribution in [0.2, 0.25) is 0 Å². The van der Waals surface area contributed by atoms with Gasteiger partial charge in [-0.3, -0.25) is 4.90 Å². The molecular formula is C20H26N2. The highest BCUT2D eigenvalue weighted by Gasteiger charge is 2.21. The molecule has 1 saturated heterocycles. The number of rotatable bonds is 5. The Labute approximate surface area is 134 Å². The van der Waals surface area contributed by atoms with Gasteiger partial charge in [-0.15, -0.1) is 0 Å². The number of hydrogen-bond donors (Lipinski definition) is 1. The fraction of sp³-hybridized carbons (Fsp3) is 0.400. The number of nitrogens with one attached hydrogen (secondary N) is 1. The van der Waals surface area contributed by atoms with Gasteiger partial charge in [0.25, 0.3) is 0 Å². The van der Waals surface area contributed by atoms with Crippen molar-refractivity contribution in [2.24, 2.45) is 0 Å². The monoisotopic (exact) mass is 294 g/mol. The number of hydrogen-bond acceptors (Lipinski definition) is 2. The van der Waals surface area contributed by atoms with Crippen LogP contribution in [0.3, 0.4) is 0 Å². The van der Waals surface area contributed by atoms with Crippen molar-refractivity contribution in [3.05, 3.63) is 60.2 Å². The molecule has 0 aromatic heterocycles. The molecule has 1 aliphatic heterocycles. The Bertz CT molecular complexity index is 556. The Morgan fingerprint density at radius 2 is 1.55 bits per heavy atom. The van der Waals surface area contributed by atoms with Crippen molar-refractivity contribution in [1.29, 1.82) is 0 Å². The molecule has 116 valence electrons. The van der Waals surface area contributed by atoms with Crippen LogP contribution in [0.1, 0.15) is 31.4 Å². The summed E-state index contributed by atoms with van der Waals surface area (Å²) in [6, 6.07) is 20.4. The highest BCUT2D eigenvalue weighted by molar-refractivity contribution is 5.63. The third-order valence-electron chi connectivity index (χ3n) is 4.56. The predicted octanol–water partition coefficient (Wildman–Crippen LogP) is 4.10. The molecule has 0 saturated carbocycles. The standard InChI is InChI=1S/C20H26N2/c1-2-6-20(22-15-13-21-14-16-22)19-11-9-18(10-12-19)17-7-4-3-5-8-17/h3-5,7-12,20-21H,2,6,13-16H2,1H3/t20-/m1/s1. The van der Waals surface area contributed by atoms with Crippen molar-refractivity contribution < 1.29 is 0 Å². The van der Waals surface area contributed by atoms with Crippen molar-refractivity contribution in [2.75, 3.05) is 26.2 Å². The maximum atomic E-state index is 3.45. The van der Waals surface area contributed by atoms with Gasteiger partial charge in [-0.2, -0.15) is 0 Å².